The summed E-state index contributed by atoms with van der Waals surface area (Å²) < 4.78 is 5.79. The van der Waals surface area contributed by atoms with Gasteiger partial charge in [0.25, 0.3) is 0 Å². The Balaban J connectivity index is 1.44. The molecule has 22 heavy (non-hydrogen) atoms. The molecule has 2 aliphatic carbocycles. The van der Waals surface area contributed by atoms with Gasteiger partial charge >= 0.3 is 0 Å². The van der Waals surface area contributed by atoms with Crippen molar-refractivity contribution in [3.05, 3.63) is 0 Å². The van der Waals surface area contributed by atoms with E-state index in [1.807, 2.05) is 0 Å². The molecule has 128 valence electrons. The number of ether oxygens (including phenoxy) is 1. The molecule has 1 N–H and O–H groups in total. The highest BCUT2D eigenvalue weighted by molar-refractivity contribution is 4.86. The minimum Gasteiger partial charge on any atom is -0.381 e. The van der Waals surface area contributed by atoms with Crippen molar-refractivity contribution >= 4 is 0 Å². The van der Waals surface area contributed by atoms with Gasteiger partial charge in [0.1, 0.15) is 0 Å². The molecule has 0 spiro atoms. The van der Waals surface area contributed by atoms with Crippen LogP contribution in [0.25, 0.3) is 0 Å². The van der Waals surface area contributed by atoms with E-state index >= 15 is 0 Å². The zero-order valence-electron chi connectivity index (χ0n) is 14.9. The van der Waals surface area contributed by atoms with E-state index in [0.717, 1.165) is 49.5 Å². The fourth-order valence-corrected chi connectivity index (χ4v) is 5.19. The van der Waals surface area contributed by atoms with E-state index in [-0.39, 0.29) is 0 Å². The topological polar surface area (TPSA) is 21.3 Å². The second-order valence-corrected chi connectivity index (χ2v) is 8.68. The molecule has 0 aromatic heterocycles. The lowest BCUT2D eigenvalue weighted by Gasteiger charge is -2.40. The third kappa shape index (κ3) is 4.47. The lowest BCUT2D eigenvalue weighted by Crippen LogP contribution is -2.43. The molecule has 3 fully saturated rings. The minimum atomic E-state index is 0.670. The van der Waals surface area contributed by atoms with Crippen molar-refractivity contribution in [2.75, 3.05) is 19.8 Å². The Labute approximate surface area is 137 Å². The molecule has 3 rings (SSSR count). The molecule has 0 aromatic rings. The number of hydrogen-bond donors (Lipinski definition) is 1. The summed E-state index contributed by atoms with van der Waals surface area (Å²) in [6.07, 6.45) is 13.2. The highest BCUT2D eigenvalue weighted by Crippen LogP contribution is 2.42. The highest BCUT2D eigenvalue weighted by Gasteiger charge is 2.32. The summed E-state index contributed by atoms with van der Waals surface area (Å²) in [6.45, 7) is 7.78. The molecule has 2 saturated carbocycles. The molecule has 3 aliphatic rings. The maximum Gasteiger partial charge on any atom is 0.0503 e. The van der Waals surface area contributed by atoms with Gasteiger partial charge in [-0.05, 0) is 74.5 Å². The lowest BCUT2D eigenvalue weighted by atomic mass is 9.68. The van der Waals surface area contributed by atoms with Crippen LogP contribution in [0.4, 0.5) is 0 Å². The quantitative estimate of drug-likeness (QED) is 0.803. The van der Waals surface area contributed by atoms with Crippen LogP contribution in [0.15, 0.2) is 0 Å². The van der Waals surface area contributed by atoms with Gasteiger partial charge in [-0.15, -0.1) is 0 Å². The molecule has 0 amide bonds. The molecule has 0 bridgehead atoms. The standard InChI is InChI=1S/C20H37NO/c1-15-3-5-17(6-4-15)18-7-9-19(10-8-18)20-11-12-22-14-16(2)13-21-20/h15-21H,3-14H2,1-2H3. The highest BCUT2D eigenvalue weighted by atomic mass is 16.5. The first-order valence-electron chi connectivity index (χ1n) is 10.0. The molecule has 1 heterocycles. The average Bonchev–Trinajstić information content (AvgIpc) is 2.53. The van der Waals surface area contributed by atoms with E-state index in [2.05, 4.69) is 19.2 Å². The first kappa shape index (κ1) is 16.8. The Bertz CT molecular complexity index is 316. The van der Waals surface area contributed by atoms with Crippen molar-refractivity contribution in [3.63, 3.8) is 0 Å². The van der Waals surface area contributed by atoms with Gasteiger partial charge < -0.3 is 10.1 Å². The van der Waals surface area contributed by atoms with E-state index < -0.39 is 0 Å². The Hall–Kier alpha value is -0.0800. The van der Waals surface area contributed by atoms with Crippen LogP contribution >= 0.6 is 0 Å². The lowest BCUT2D eigenvalue weighted by molar-refractivity contribution is 0.0621. The minimum absolute atomic E-state index is 0.670. The third-order valence-electron chi connectivity index (χ3n) is 6.82. The summed E-state index contributed by atoms with van der Waals surface area (Å²) in [6, 6.07) is 0.718. The van der Waals surface area contributed by atoms with Gasteiger partial charge in [-0.2, -0.15) is 0 Å². The zero-order valence-corrected chi connectivity index (χ0v) is 14.9. The number of hydrogen-bond acceptors (Lipinski definition) is 2. The van der Waals surface area contributed by atoms with Gasteiger partial charge in [-0.3, -0.25) is 0 Å². The van der Waals surface area contributed by atoms with Crippen molar-refractivity contribution in [1.29, 1.82) is 0 Å². The van der Waals surface area contributed by atoms with Crippen molar-refractivity contribution in [1.82, 2.24) is 5.32 Å². The van der Waals surface area contributed by atoms with Crippen LogP contribution in [-0.4, -0.2) is 25.8 Å². The van der Waals surface area contributed by atoms with E-state index in [9.17, 15) is 0 Å². The van der Waals surface area contributed by atoms with Gasteiger partial charge in [0.15, 0.2) is 0 Å². The summed E-state index contributed by atoms with van der Waals surface area (Å²) >= 11 is 0. The van der Waals surface area contributed by atoms with Crippen molar-refractivity contribution in [3.8, 4) is 0 Å². The van der Waals surface area contributed by atoms with E-state index in [4.69, 9.17) is 4.74 Å². The maximum absolute atomic E-state index is 5.79. The monoisotopic (exact) mass is 307 g/mol. The van der Waals surface area contributed by atoms with Gasteiger partial charge in [-0.25, -0.2) is 0 Å². The Morgan fingerprint density at radius 1 is 0.682 bits per heavy atom. The van der Waals surface area contributed by atoms with Gasteiger partial charge in [0, 0.05) is 19.2 Å². The summed E-state index contributed by atoms with van der Waals surface area (Å²) in [7, 11) is 0. The normalized spacial score (nSPS) is 45.0. The molecular weight excluding hydrogens is 270 g/mol. The first-order valence-corrected chi connectivity index (χ1v) is 10.0. The predicted molar refractivity (Wildman–Crippen MR) is 93.0 cm³/mol. The van der Waals surface area contributed by atoms with Crippen molar-refractivity contribution in [2.45, 2.75) is 77.7 Å². The summed E-state index contributed by atoms with van der Waals surface area (Å²) in [5, 5.41) is 3.86. The van der Waals surface area contributed by atoms with Crippen molar-refractivity contribution < 1.29 is 4.74 Å². The molecule has 2 nitrogen and oxygen atoms in total. The van der Waals surface area contributed by atoms with Crippen LogP contribution < -0.4 is 5.32 Å². The maximum atomic E-state index is 5.79. The molecule has 0 radical (unpaired) electrons. The van der Waals surface area contributed by atoms with Crippen LogP contribution in [0, 0.1) is 29.6 Å². The van der Waals surface area contributed by atoms with Crippen LogP contribution in [0.1, 0.15) is 71.6 Å². The smallest absolute Gasteiger partial charge is 0.0503 e. The van der Waals surface area contributed by atoms with Gasteiger partial charge in [0.05, 0.1) is 6.61 Å². The summed E-state index contributed by atoms with van der Waals surface area (Å²) in [5.74, 6) is 4.68. The van der Waals surface area contributed by atoms with E-state index in [1.165, 1.54) is 57.8 Å². The van der Waals surface area contributed by atoms with Crippen molar-refractivity contribution in [2.24, 2.45) is 29.6 Å². The van der Waals surface area contributed by atoms with Gasteiger partial charge in [0.2, 0.25) is 0 Å². The third-order valence-corrected chi connectivity index (χ3v) is 6.82. The molecule has 1 aliphatic heterocycles. The molecule has 1 saturated heterocycles. The Morgan fingerprint density at radius 3 is 1.95 bits per heavy atom. The molecular formula is C20H37NO. The fourth-order valence-electron chi connectivity index (χ4n) is 5.19. The Kier molecular flexibility index (Phi) is 6.21. The average molecular weight is 308 g/mol. The largest absolute Gasteiger partial charge is 0.381 e. The summed E-state index contributed by atoms with van der Waals surface area (Å²) in [5.41, 5.74) is 0. The molecule has 0 aromatic carbocycles. The summed E-state index contributed by atoms with van der Waals surface area (Å²) in [4.78, 5) is 0. The fraction of sp³-hybridized carbons (Fsp3) is 1.00. The van der Waals surface area contributed by atoms with E-state index in [1.54, 1.807) is 0 Å². The van der Waals surface area contributed by atoms with E-state index in [0.29, 0.717) is 5.92 Å². The number of nitrogens with one attached hydrogen (secondary N) is 1. The molecule has 2 atom stereocenters. The van der Waals surface area contributed by atoms with Gasteiger partial charge in [-0.1, -0.05) is 26.7 Å². The van der Waals surface area contributed by atoms with Crippen LogP contribution in [0.2, 0.25) is 0 Å². The van der Waals surface area contributed by atoms with Crippen LogP contribution in [-0.2, 0) is 4.74 Å². The second kappa shape index (κ2) is 8.15. The first-order chi connectivity index (χ1) is 10.7. The zero-order chi connectivity index (χ0) is 15.4. The predicted octanol–water partition coefficient (Wildman–Crippen LogP) is 4.63. The molecule has 2 heteroatoms. The number of rotatable bonds is 2. The molecule has 2 unspecified atom stereocenters. The second-order valence-electron chi connectivity index (χ2n) is 8.68. The Morgan fingerprint density at radius 2 is 1.27 bits per heavy atom. The SMILES string of the molecule is CC1CCC(C2CCC(C3CCOCC(C)CN3)CC2)CC1. The van der Waals surface area contributed by atoms with Crippen LogP contribution in [0.3, 0.4) is 0 Å². The van der Waals surface area contributed by atoms with Crippen LogP contribution in [0.5, 0.6) is 0 Å².